The van der Waals surface area contributed by atoms with Crippen molar-refractivity contribution in [1.29, 1.82) is 0 Å². The molecule has 2 saturated heterocycles. The molecule has 9 heteroatoms. The summed E-state index contributed by atoms with van der Waals surface area (Å²) in [7, 11) is 3.17. The number of nitrogens with one attached hydrogen (secondary N) is 1. The molecular weight excluding hydrogens is 414 g/mol. The number of methoxy groups -OCH3 is 2. The molecule has 1 atom stereocenters. The molecule has 2 amide bonds. The van der Waals surface area contributed by atoms with Gasteiger partial charge in [0.1, 0.15) is 0 Å². The van der Waals surface area contributed by atoms with Crippen molar-refractivity contribution in [1.82, 2.24) is 15.1 Å². The van der Waals surface area contributed by atoms with Gasteiger partial charge in [-0.25, -0.2) is 0 Å². The van der Waals surface area contributed by atoms with E-state index < -0.39 is 6.04 Å². The Morgan fingerprint density at radius 1 is 1.09 bits per heavy atom. The Hall–Kier alpha value is -2.81. The smallest absolute Gasteiger partial charge is 0.309 e. The van der Waals surface area contributed by atoms with Crippen LogP contribution in [-0.2, 0) is 25.7 Å². The van der Waals surface area contributed by atoms with Gasteiger partial charge in [-0.3, -0.25) is 19.3 Å². The second-order valence-corrected chi connectivity index (χ2v) is 8.08. The Morgan fingerprint density at radius 2 is 1.81 bits per heavy atom. The van der Waals surface area contributed by atoms with E-state index >= 15 is 0 Å². The van der Waals surface area contributed by atoms with Gasteiger partial charge >= 0.3 is 5.97 Å². The number of piperazine rings is 1. The van der Waals surface area contributed by atoms with Gasteiger partial charge in [-0.05, 0) is 37.5 Å². The lowest BCUT2D eigenvalue weighted by atomic mass is 9.96. The highest BCUT2D eigenvalue weighted by Gasteiger charge is 2.35. The van der Waals surface area contributed by atoms with Crippen molar-refractivity contribution in [3.63, 3.8) is 0 Å². The van der Waals surface area contributed by atoms with Crippen molar-refractivity contribution in [3.05, 3.63) is 23.8 Å². The predicted molar refractivity (Wildman–Crippen MR) is 117 cm³/mol. The summed E-state index contributed by atoms with van der Waals surface area (Å²) in [6.07, 6.45) is 1.30. The molecule has 2 heterocycles. The molecule has 2 fully saturated rings. The summed E-state index contributed by atoms with van der Waals surface area (Å²) in [6.45, 7) is 4.89. The molecule has 0 aromatic heterocycles. The number of hydrogen-bond donors (Lipinski definition) is 1. The first kappa shape index (κ1) is 23.8. The molecule has 0 spiro atoms. The van der Waals surface area contributed by atoms with E-state index in [1.807, 2.05) is 23.1 Å². The van der Waals surface area contributed by atoms with Gasteiger partial charge in [0, 0.05) is 32.7 Å². The second-order valence-electron chi connectivity index (χ2n) is 8.08. The third-order valence-corrected chi connectivity index (χ3v) is 6.11. The van der Waals surface area contributed by atoms with Crippen LogP contribution in [0.4, 0.5) is 0 Å². The maximum Gasteiger partial charge on any atom is 0.309 e. The van der Waals surface area contributed by atoms with E-state index in [9.17, 15) is 14.4 Å². The topological polar surface area (TPSA) is 97.4 Å². The third kappa shape index (κ3) is 5.70. The summed E-state index contributed by atoms with van der Waals surface area (Å²) < 4.78 is 15.8. The number of rotatable bonds is 8. The standard InChI is InChI=1S/C23H33N3O6/c1-4-32-23(29)17-7-10-25(11-8-17)21(27)14-18-22(28)24-9-12-26(18)15-16-5-6-19(30-2)20(13-16)31-3/h5-6,13,17-18H,4,7-12,14-15H2,1-3H3,(H,24,28). The summed E-state index contributed by atoms with van der Waals surface area (Å²) in [5.74, 6) is 0.734. The van der Waals surface area contributed by atoms with Crippen molar-refractivity contribution in [3.8, 4) is 11.5 Å². The van der Waals surface area contributed by atoms with Crippen molar-refractivity contribution in [2.75, 3.05) is 47.0 Å². The number of nitrogens with zero attached hydrogens (tertiary/aromatic N) is 2. The van der Waals surface area contributed by atoms with E-state index in [-0.39, 0.29) is 30.1 Å². The zero-order valence-corrected chi connectivity index (χ0v) is 19.1. The number of piperidine rings is 1. The molecule has 2 aliphatic heterocycles. The fraction of sp³-hybridized carbons (Fsp3) is 0.609. The van der Waals surface area contributed by atoms with E-state index in [1.54, 1.807) is 26.0 Å². The molecule has 176 valence electrons. The minimum Gasteiger partial charge on any atom is -0.493 e. The Bertz CT molecular complexity index is 822. The first-order valence-corrected chi connectivity index (χ1v) is 11.1. The monoisotopic (exact) mass is 447 g/mol. The maximum absolute atomic E-state index is 13.0. The van der Waals surface area contributed by atoms with Gasteiger partial charge in [-0.15, -0.1) is 0 Å². The van der Waals surface area contributed by atoms with Gasteiger partial charge in [-0.1, -0.05) is 6.07 Å². The fourth-order valence-electron chi connectivity index (χ4n) is 4.31. The molecule has 9 nitrogen and oxygen atoms in total. The van der Waals surface area contributed by atoms with Crippen LogP contribution in [0, 0.1) is 5.92 Å². The highest BCUT2D eigenvalue weighted by Crippen LogP contribution is 2.29. The molecule has 0 aliphatic carbocycles. The molecular formula is C23H33N3O6. The first-order chi connectivity index (χ1) is 15.5. The van der Waals surface area contributed by atoms with Crippen LogP contribution in [0.15, 0.2) is 18.2 Å². The van der Waals surface area contributed by atoms with Gasteiger partial charge in [0.05, 0.1) is 39.2 Å². The quantitative estimate of drug-likeness (QED) is 0.598. The summed E-state index contributed by atoms with van der Waals surface area (Å²) >= 11 is 0. The van der Waals surface area contributed by atoms with Crippen molar-refractivity contribution >= 4 is 17.8 Å². The summed E-state index contributed by atoms with van der Waals surface area (Å²) in [5.41, 5.74) is 0.977. The van der Waals surface area contributed by atoms with Crippen molar-refractivity contribution in [2.24, 2.45) is 5.92 Å². The lowest BCUT2D eigenvalue weighted by molar-refractivity contribution is -0.151. The maximum atomic E-state index is 13.0. The molecule has 0 bridgehead atoms. The number of carbonyl (C=O) groups is 3. The Balaban J connectivity index is 1.62. The lowest BCUT2D eigenvalue weighted by Gasteiger charge is -2.37. The first-order valence-electron chi connectivity index (χ1n) is 11.1. The third-order valence-electron chi connectivity index (χ3n) is 6.11. The lowest BCUT2D eigenvalue weighted by Crippen LogP contribution is -2.56. The van der Waals surface area contributed by atoms with Gasteiger partial charge in [-0.2, -0.15) is 0 Å². The molecule has 1 aromatic carbocycles. The number of likely N-dealkylation sites (tertiary alicyclic amines) is 1. The molecule has 1 unspecified atom stereocenters. The van der Waals surface area contributed by atoms with E-state index in [0.717, 1.165) is 5.56 Å². The zero-order valence-electron chi connectivity index (χ0n) is 19.1. The van der Waals surface area contributed by atoms with Crippen LogP contribution in [0.5, 0.6) is 11.5 Å². The Morgan fingerprint density at radius 3 is 2.47 bits per heavy atom. The van der Waals surface area contributed by atoms with E-state index in [2.05, 4.69) is 5.32 Å². The van der Waals surface area contributed by atoms with E-state index in [0.29, 0.717) is 63.7 Å². The largest absolute Gasteiger partial charge is 0.493 e. The molecule has 0 radical (unpaired) electrons. The van der Waals surface area contributed by atoms with Crippen LogP contribution in [0.3, 0.4) is 0 Å². The number of amides is 2. The van der Waals surface area contributed by atoms with Gasteiger partial charge in [0.25, 0.3) is 0 Å². The molecule has 1 aromatic rings. The Kier molecular flexibility index (Phi) is 8.33. The number of carbonyl (C=O) groups excluding carboxylic acids is 3. The molecule has 3 rings (SSSR count). The van der Waals surface area contributed by atoms with Gasteiger partial charge in [0.2, 0.25) is 11.8 Å². The second kappa shape index (κ2) is 11.2. The van der Waals surface area contributed by atoms with Gasteiger partial charge in [0.15, 0.2) is 11.5 Å². The number of esters is 1. The fourth-order valence-corrected chi connectivity index (χ4v) is 4.31. The van der Waals surface area contributed by atoms with E-state index in [4.69, 9.17) is 14.2 Å². The highest BCUT2D eigenvalue weighted by molar-refractivity contribution is 5.89. The molecule has 1 N–H and O–H groups in total. The van der Waals surface area contributed by atoms with E-state index in [1.165, 1.54) is 0 Å². The minimum absolute atomic E-state index is 0.0633. The SMILES string of the molecule is CCOC(=O)C1CCN(C(=O)CC2C(=O)NCCN2Cc2ccc(OC)c(OC)c2)CC1. The van der Waals surface area contributed by atoms with Crippen LogP contribution < -0.4 is 14.8 Å². The molecule has 2 aliphatic rings. The van der Waals surface area contributed by atoms with Crippen molar-refractivity contribution in [2.45, 2.75) is 38.8 Å². The summed E-state index contributed by atoms with van der Waals surface area (Å²) in [6, 6.07) is 5.13. The van der Waals surface area contributed by atoms with Crippen LogP contribution >= 0.6 is 0 Å². The average Bonchev–Trinajstić information content (AvgIpc) is 2.81. The minimum atomic E-state index is -0.535. The molecule has 32 heavy (non-hydrogen) atoms. The summed E-state index contributed by atoms with van der Waals surface area (Å²) in [4.78, 5) is 41.3. The zero-order chi connectivity index (χ0) is 23.1. The number of benzene rings is 1. The predicted octanol–water partition coefficient (Wildman–Crippen LogP) is 1.20. The average molecular weight is 448 g/mol. The highest BCUT2D eigenvalue weighted by atomic mass is 16.5. The van der Waals surface area contributed by atoms with Crippen LogP contribution in [0.2, 0.25) is 0 Å². The molecule has 0 saturated carbocycles. The van der Waals surface area contributed by atoms with Crippen LogP contribution in [0.1, 0.15) is 31.7 Å². The van der Waals surface area contributed by atoms with Crippen LogP contribution in [0.25, 0.3) is 0 Å². The van der Waals surface area contributed by atoms with Crippen molar-refractivity contribution < 1.29 is 28.6 Å². The Labute approximate surface area is 189 Å². The number of hydrogen-bond acceptors (Lipinski definition) is 7. The normalized spacial score (nSPS) is 19.9. The number of ether oxygens (including phenoxy) is 3. The van der Waals surface area contributed by atoms with Crippen LogP contribution in [-0.4, -0.2) is 80.6 Å². The summed E-state index contributed by atoms with van der Waals surface area (Å²) in [5, 5.41) is 2.88. The van der Waals surface area contributed by atoms with Gasteiger partial charge < -0.3 is 24.4 Å².